The van der Waals surface area contributed by atoms with Crippen LogP contribution in [0.2, 0.25) is 0 Å². The molecule has 0 saturated heterocycles. The molecule has 20 heavy (non-hydrogen) atoms. The third kappa shape index (κ3) is 3.74. The maximum atomic E-state index is 13.8. The highest BCUT2D eigenvalue weighted by atomic mass is 32.1. The first-order chi connectivity index (χ1) is 9.56. The predicted octanol–water partition coefficient (Wildman–Crippen LogP) is 3.25. The third-order valence-electron chi connectivity index (χ3n) is 2.90. The summed E-state index contributed by atoms with van der Waals surface area (Å²) in [5, 5.41) is 2.99. The normalized spacial score (nSPS) is 10.3. The zero-order valence-corrected chi connectivity index (χ0v) is 11.5. The first-order valence-corrected chi connectivity index (χ1v) is 6.55. The van der Waals surface area contributed by atoms with E-state index in [0.717, 1.165) is 5.56 Å². The van der Waals surface area contributed by atoms with Crippen LogP contribution in [0.1, 0.15) is 11.1 Å². The van der Waals surface area contributed by atoms with Crippen molar-refractivity contribution in [3.8, 4) is 0 Å². The highest BCUT2D eigenvalue weighted by molar-refractivity contribution is 7.80. The Hall–Kier alpha value is -2.01. The molecule has 2 rings (SSSR count). The van der Waals surface area contributed by atoms with Gasteiger partial charge in [-0.25, -0.2) is 8.78 Å². The summed E-state index contributed by atoms with van der Waals surface area (Å²) >= 11 is 4.79. The summed E-state index contributed by atoms with van der Waals surface area (Å²) in [5.41, 5.74) is 7.32. The number of thiocarbonyl (C=S) groups is 1. The molecule has 0 saturated carbocycles. The van der Waals surface area contributed by atoms with E-state index in [0.29, 0.717) is 24.2 Å². The van der Waals surface area contributed by atoms with E-state index in [4.69, 9.17) is 18.0 Å². The second kappa shape index (κ2) is 6.43. The summed E-state index contributed by atoms with van der Waals surface area (Å²) in [5.74, 6) is -0.657. The van der Waals surface area contributed by atoms with Gasteiger partial charge in [0, 0.05) is 12.1 Å². The Balaban J connectivity index is 1.94. The molecule has 5 heteroatoms. The van der Waals surface area contributed by atoms with Gasteiger partial charge < -0.3 is 11.1 Å². The Kier molecular flexibility index (Phi) is 4.63. The Morgan fingerprint density at radius 1 is 1.10 bits per heavy atom. The average Bonchev–Trinajstić information content (AvgIpc) is 2.42. The number of hydrogen-bond acceptors (Lipinski definition) is 2. The van der Waals surface area contributed by atoms with Gasteiger partial charge in [-0.3, -0.25) is 0 Å². The highest BCUT2D eigenvalue weighted by Gasteiger charge is 2.04. The minimum Gasteiger partial charge on any atom is -0.389 e. The molecule has 0 aliphatic rings. The molecule has 104 valence electrons. The number of hydrogen-bond donors (Lipinski definition) is 2. The number of nitrogens with two attached hydrogens (primary N) is 1. The number of nitrogens with one attached hydrogen (secondary N) is 1. The maximum Gasteiger partial charge on any atom is 0.146 e. The van der Waals surface area contributed by atoms with Gasteiger partial charge in [-0.05, 0) is 42.3 Å². The van der Waals surface area contributed by atoms with E-state index >= 15 is 0 Å². The third-order valence-corrected chi connectivity index (χ3v) is 3.13. The fourth-order valence-electron chi connectivity index (χ4n) is 1.80. The molecule has 0 atom stereocenters. The lowest BCUT2D eigenvalue weighted by atomic mass is 10.1. The zero-order chi connectivity index (χ0) is 14.5. The van der Waals surface area contributed by atoms with Gasteiger partial charge in [0.25, 0.3) is 0 Å². The van der Waals surface area contributed by atoms with Gasteiger partial charge in [0.15, 0.2) is 0 Å². The van der Waals surface area contributed by atoms with Gasteiger partial charge in [0.1, 0.15) is 16.6 Å². The van der Waals surface area contributed by atoms with Gasteiger partial charge >= 0.3 is 0 Å². The summed E-state index contributed by atoms with van der Waals surface area (Å²) in [7, 11) is 0. The van der Waals surface area contributed by atoms with Crippen molar-refractivity contribution in [1.82, 2.24) is 0 Å². The highest BCUT2D eigenvalue weighted by Crippen LogP contribution is 2.16. The molecule has 2 aromatic carbocycles. The van der Waals surface area contributed by atoms with Crippen LogP contribution >= 0.6 is 12.2 Å². The molecule has 2 aromatic rings. The van der Waals surface area contributed by atoms with Crippen LogP contribution in [0.3, 0.4) is 0 Å². The largest absolute Gasteiger partial charge is 0.389 e. The smallest absolute Gasteiger partial charge is 0.146 e. The molecule has 0 aromatic heterocycles. The molecule has 0 bridgehead atoms. The molecule has 3 N–H and O–H groups in total. The van der Waals surface area contributed by atoms with Gasteiger partial charge in [0.05, 0.1) is 5.69 Å². The molecular weight excluding hydrogens is 278 g/mol. The lowest BCUT2D eigenvalue weighted by Gasteiger charge is -2.09. The quantitative estimate of drug-likeness (QED) is 0.831. The van der Waals surface area contributed by atoms with Crippen LogP contribution in [0.5, 0.6) is 0 Å². The second-order valence-corrected chi connectivity index (χ2v) is 4.80. The van der Waals surface area contributed by atoms with Crippen LogP contribution in [0.15, 0.2) is 42.5 Å². The fourth-order valence-corrected chi connectivity index (χ4v) is 1.93. The molecule has 0 heterocycles. The lowest BCUT2D eigenvalue weighted by Crippen LogP contribution is -2.11. The van der Waals surface area contributed by atoms with Gasteiger partial charge in [-0.1, -0.05) is 24.4 Å². The van der Waals surface area contributed by atoms with Crippen molar-refractivity contribution in [3.05, 3.63) is 65.2 Å². The van der Waals surface area contributed by atoms with Crippen LogP contribution in [-0.4, -0.2) is 11.5 Å². The number of anilines is 1. The molecular formula is C15H14F2N2S. The number of benzene rings is 2. The van der Waals surface area contributed by atoms with Crippen LogP contribution in [0.4, 0.5) is 14.5 Å². The molecule has 2 nitrogen and oxygen atoms in total. The van der Waals surface area contributed by atoms with Crippen molar-refractivity contribution in [2.75, 3.05) is 11.9 Å². The summed E-state index contributed by atoms with van der Waals surface area (Å²) in [6, 6.07) is 10.8. The van der Waals surface area contributed by atoms with Crippen LogP contribution in [0.25, 0.3) is 0 Å². The molecule has 0 aliphatic heterocycles. The van der Waals surface area contributed by atoms with E-state index in [2.05, 4.69) is 5.32 Å². The summed E-state index contributed by atoms with van der Waals surface area (Å²) in [4.78, 5) is 0.168. The minimum absolute atomic E-state index is 0.168. The van der Waals surface area contributed by atoms with Crippen molar-refractivity contribution in [3.63, 3.8) is 0 Å². The van der Waals surface area contributed by atoms with E-state index < -0.39 is 5.82 Å². The minimum atomic E-state index is -0.394. The standard InChI is InChI=1S/C15H14F2N2S/c16-12-4-1-10(2-5-12)7-8-19-14-6-3-11(15(18)20)9-13(14)17/h1-6,9,19H,7-8H2,(H2,18,20). The second-order valence-electron chi connectivity index (χ2n) is 4.36. The summed E-state index contributed by atoms with van der Waals surface area (Å²) in [6.07, 6.45) is 0.677. The molecule has 0 spiro atoms. The van der Waals surface area contributed by atoms with Crippen molar-refractivity contribution in [2.45, 2.75) is 6.42 Å². The van der Waals surface area contributed by atoms with Crippen molar-refractivity contribution in [2.24, 2.45) is 5.73 Å². The van der Waals surface area contributed by atoms with Gasteiger partial charge in [-0.15, -0.1) is 0 Å². The van der Waals surface area contributed by atoms with E-state index in [9.17, 15) is 8.78 Å². The SMILES string of the molecule is NC(=S)c1ccc(NCCc2ccc(F)cc2)c(F)c1. The average molecular weight is 292 g/mol. The Bertz CT molecular complexity index is 612. The molecule has 0 amide bonds. The van der Waals surface area contributed by atoms with Gasteiger partial charge in [0.2, 0.25) is 0 Å². The van der Waals surface area contributed by atoms with E-state index in [1.165, 1.54) is 18.2 Å². The first kappa shape index (κ1) is 14.4. The van der Waals surface area contributed by atoms with E-state index in [1.54, 1.807) is 24.3 Å². The lowest BCUT2D eigenvalue weighted by molar-refractivity contribution is 0.627. The Labute approximate surface area is 121 Å². The molecule has 0 unspecified atom stereocenters. The predicted molar refractivity (Wildman–Crippen MR) is 80.9 cm³/mol. The van der Waals surface area contributed by atoms with Crippen molar-refractivity contribution >= 4 is 22.9 Å². The fraction of sp³-hybridized carbons (Fsp3) is 0.133. The van der Waals surface area contributed by atoms with Crippen molar-refractivity contribution in [1.29, 1.82) is 0 Å². The first-order valence-electron chi connectivity index (χ1n) is 6.14. The number of halogens is 2. The van der Waals surface area contributed by atoms with Crippen LogP contribution in [-0.2, 0) is 6.42 Å². The monoisotopic (exact) mass is 292 g/mol. The van der Waals surface area contributed by atoms with Crippen LogP contribution in [0, 0.1) is 11.6 Å². The Morgan fingerprint density at radius 2 is 1.80 bits per heavy atom. The van der Waals surface area contributed by atoms with Gasteiger partial charge in [-0.2, -0.15) is 0 Å². The van der Waals surface area contributed by atoms with Crippen molar-refractivity contribution < 1.29 is 8.78 Å². The molecule has 0 radical (unpaired) electrons. The summed E-state index contributed by atoms with van der Waals surface area (Å²) < 4.78 is 26.5. The number of rotatable bonds is 5. The summed E-state index contributed by atoms with van der Waals surface area (Å²) in [6.45, 7) is 0.551. The molecule has 0 aliphatic carbocycles. The maximum absolute atomic E-state index is 13.8. The Morgan fingerprint density at radius 3 is 2.40 bits per heavy atom. The van der Waals surface area contributed by atoms with E-state index in [-0.39, 0.29) is 10.8 Å². The topological polar surface area (TPSA) is 38.0 Å². The molecule has 0 fully saturated rings. The van der Waals surface area contributed by atoms with Crippen LogP contribution < -0.4 is 11.1 Å². The van der Waals surface area contributed by atoms with E-state index in [1.807, 2.05) is 0 Å². The zero-order valence-electron chi connectivity index (χ0n) is 10.7.